The van der Waals surface area contributed by atoms with E-state index >= 15 is 0 Å². The summed E-state index contributed by atoms with van der Waals surface area (Å²) in [6.07, 6.45) is 0. The molecule has 0 bridgehead atoms. The van der Waals surface area contributed by atoms with E-state index in [0.29, 0.717) is 0 Å². The highest BCUT2D eigenvalue weighted by atomic mass is 31.2. The third-order valence-electron chi connectivity index (χ3n) is 3.08. The van der Waals surface area contributed by atoms with Crippen LogP contribution in [0.2, 0.25) is 0 Å². The molecular formula is C14H24O6P2. The van der Waals surface area contributed by atoms with Gasteiger partial charge in [0.25, 0.3) is 7.37 Å². The van der Waals surface area contributed by atoms with Gasteiger partial charge in [0, 0.05) is 5.30 Å². The Balaban J connectivity index is 3.46. The Morgan fingerprint density at radius 1 is 0.955 bits per heavy atom. The van der Waals surface area contributed by atoms with Crippen LogP contribution < -0.4 is 5.30 Å². The van der Waals surface area contributed by atoms with Gasteiger partial charge in [0.15, 0.2) is 0 Å². The van der Waals surface area contributed by atoms with Crippen LogP contribution in [0.4, 0.5) is 0 Å². The predicted molar refractivity (Wildman–Crippen MR) is 86.8 cm³/mol. The second kappa shape index (κ2) is 7.87. The molecule has 126 valence electrons. The van der Waals surface area contributed by atoms with E-state index in [1.54, 1.807) is 51.1 Å². The Morgan fingerprint density at radius 2 is 1.41 bits per heavy atom. The van der Waals surface area contributed by atoms with Gasteiger partial charge in [-0.2, -0.15) is 0 Å². The lowest BCUT2D eigenvalue weighted by Gasteiger charge is -2.36. The fourth-order valence-corrected chi connectivity index (χ4v) is 7.24. The van der Waals surface area contributed by atoms with Gasteiger partial charge < -0.3 is 18.7 Å². The zero-order valence-electron chi connectivity index (χ0n) is 13.4. The molecule has 8 heteroatoms. The molecule has 0 heterocycles. The molecule has 0 saturated carbocycles. The van der Waals surface area contributed by atoms with Crippen molar-refractivity contribution in [2.75, 3.05) is 19.8 Å². The summed E-state index contributed by atoms with van der Waals surface area (Å²) < 4.78 is 42.2. The Hall–Kier alpha value is -0.480. The van der Waals surface area contributed by atoms with E-state index in [4.69, 9.17) is 13.6 Å². The van der Waals surface area contributed by atoms with Crippen LogP contribution in [0.25, 0.3) is 0 Å². The van der Waals surface area contributed by atoms with Crippen LogP contribution in [0.1, 0.15) is 27.7 Å². The smallest absolute Gasteiger partial charge is 0.369 e. The second-order valence-electron chi connectivity index (χ2n) is 4.61. The van der Waals surface area contributed by atoms with Gasteiger partial charge in [-0.1, -0.05) is 18.2 Å². The molecule has 1 N–H and O–H groups in total. The molecule has 0 spiro atoms. The van der Waals surface area contributed by atoms with E-state index in [1.807, 2.05) is 0 Å². The summed E-state index contributed by atoms with van der Waals surface area (Å²) in [6.45, 7) is 6.26. The third-order valence-corrected chi connectivity index (χ3v) is 9.56. The minimum atomic E-state index is -4.07. The molecule has 0 saturated heterocycles. The van der Waals surface area contributed by atoms with E-state index in [1.165, 1.54) is 6.92 Å². The fourth-order valence-electron chi connectivity index (χ4n) is 2.03. The zero-order valence-corrected chi connectivity index (χ0v) is 15.2. The molecule has 1 aromatic rings. The van der Waals surface area contributed by atoms with Crippen molar-refractivity contribution in [1.82, 2.24) is 0 Å². The second-order valence-corrected chi connectivity index (χ2v) is 10.1. The molecule has 2 atom stereocenters. The summed E-state index contributed by atoms with van der Waals surface area (Å²) in [4.78, 5) is 0. The molecule has 0 amide bonds. The van der Waals surface area contributed by atoms with E-state index in [9.17, 15) is 14.2 Å². The summed E-state index contributed by atoms with van der Waals surface area (Å²) in [5.74, 6) is 0. The Morgan fingerprint density at radius 3 is 1.82 bits per heavy atom. The summed E-state index contributed by atoms with van der Waals surface area (Å²) >= 11 is 0. The normalized spacial score (nSPS) is 17.7. The Labute approximate surface area is 131 Å². The highest BCUT2D eigenvalue weighted by Gasteiger charge is 2.60. The minimum Gasteiger partial charge on any atom is -0.369 e. The average molecular weight is 350 g/mol. The van der Waals surface area contributed by atoms with E-state index < -0.39 is 20.0 Å². The minimum absolute atomic E-state index is 0.0499. The van der Waals surface area contributed by atoms with Crippen LogP contribution in [-0.2, 0) is 22.7 Å². The topological polar surface area (TPSA) is 82.1 Å². The molecule has 1 aromatic carbocycles. The van der Waals surface area contributed by atoms with Crippen LogP contribution in [-0.4, -0.2) is 30.0 Å². The first-order chi connectivity index (χ1) is 10.3. The van der Waals surface area contributed by atoms with Crippen LogP contribution in [0, 0.1) is 0 Å². The van der Waals surface area contributed by atoms with Crippen molar-refractivity contribution in [2.24, 2.45) is 0 Å². The van der Waals surface area contributed by atoms with Crippen LogP contribution in [0.15, 0.2) is 30.3 Å². The van der Waals surface area contributed by atoms with Crippen molar-refractivity contribution in [3.8, 4) is 0 Å². The van der Waals surface area contributed by atoms with Gasteiger partial charge in [-0.25, -0.2) is 0 Å². The van der Waals surface area contributed by atoms with Gasteiger partial charge in [-0.05, 0) is 39.8 Å². The summed E-state index contributed by atoms with van der Waals surface area (Å²) in [7, 11) is -7.98. The quantitative estimate of drug-likeness (QED) is 0.686. The van der Waals surface area contributed by atoms with Crippen molar-refractivity contribution >= 4 is 20.3 Å². The molecule has 0 fully saturated rings. The van der Waals surface area contributed by atoms with Crippen LogP contribution in [0.5, 0.6) is 0 Å². The lowest BCUT2D eigenvalue weighted by Crippen LogP contribution is -2.33. The zero-order chi connectivity index (χ0) is 16.9. The summed E-state index contributed by atoms with van der Waals surface area (Å²) in [6, 6.07) is 8.21. The van der Waals surface area contributed by atoms with E-state index in [2.05, 4.69) is 0 Å². The SMILES string of the molecule is CCOP(=O)(OCC)C(C)(O)P(=O)(OCC)c1ccccc1. The first-order valence-electron chi connectivity index (χ1n) is 7.21. The lowest BCUT2D eigenvalue weighted by molar-refractivity contribution is 0.121. The molecule has 0 aliphatic heterocycles. The van der Waals surface area contributed by atoms with Crippen molar-refractivity contribution < 1.29 is 27.8 Å². The fraction of sp³-hybridized carbons (Fsp3) is 0.571. The van der Waals surface area contributed by atoms with Gasteiger partial charge in [0.1, 0.15) is 0 Å². The number of aliphatic hydroxyl groups is 1. The number of benzene rings is 1. The summed E-state index contributed by atoms with van der Waals surface area (Å²) in [5.41, 5.74) is 0. The predicted octanol–water partition coefficient (Wildman–Crippen LogP) is 3.56. The van der Waals surface area contributed by atoms with Crippen molar-refractivity contribution in [2.45, 2.75) is 32.8 Å². The number of rotatable bonds is 9. The highest BCUT2D eigenvalue weighted by molar-refractivity contribution is 7.80. The maximum Gasteiger partial charge on any atom is 0.371 e. The van der Waals surface area contributed by atoms with Gasteiger partial charge in [0.2, 0.25) is 5.08 Å². The number of hydrogen-bond acceptors (Lipinski definition) is 6. The first-order valence-corrected chi connectivity index (χ1v) is 10.4. The lowest BCUT2D eigenvalue weighted by atomic mass is 10.4. The average Bonchev–Trinajstić information content (AvgIpc) is 2.48. The highest BCUT2D eigenvalue weighted by Crippen LogP contribution is 2.75. The van der Waals surface area contributed by atoms with Crippen molar-refractivity contribution in [1.29, 1.82) is 0 Å². The van der Waals surface area contributed by atoms with Gasteiger partial charge in [-0.15, -0.1) is 0 Å². The molecule has 22 heavy (non-hydrogen) atoms. The van der Waals surface area contributed by atoms with Gasteiger partial charge in [-0.3, -0.25) is 9.13 Å². The molecule has 0 radical (unpaired) electrons. The maximum absolute atomic E-state index is 13.4. The van der Waals surface area contributed by atoms with Gasteiger partial charge >= 0.3 is 7.60 Å². The molecule has 1 rings (SSSR count). The Kier molecular flexibility index (Phi) is 7.00. The molecule has 0 aliphatic rings. The third kappa shape index (κ3) is 3.53. The van der Waals surface area contributed by atoms with E-state index in [-0.39, 0.29) is 25.1 Å². The summed E-state index contributed by atoms with van der Waals surface area (Å²) in [5, 5.41) is 8.87. The van der Waals surface area contributed by atoms with Gasteiger partial charge in [0.05, 0.1) is 19.8 Å². The van der Waals surface area contributed by atoms with Crippen molar-refractivity contribution in [3.63, 3.8) is 0 Å². The molecule has 0 aromatic heterocycles. The van der Waals surface area contributed by atoms with Crippen molar-refractivity contribution in [3.05, 3.63) is 30.3 Å². The van der Waals surface area contributed by atoms with Crippen LogP contribution >= 0.6 is 15.0 Å². The molecule has 0 aliphatic carbocycles. The molecule has 2 unspecified atom stereocenters. The largest absolute Gasteiger partial charge is 0.371 e. The van der Waals surface area contributed by atoms with E-state index in [0.717, 1.165) is 0 Å². The maximum atomic E-state index is 13.4. The molecular weight excluding hydrogens is 326 g/mol. The Bertz CT molecular complexity index is 548. The number of hydrogen-bond donors (Lipinski definition) is 1. The standard InChI is InChI=1S/C14H24O6P2/c1-5-18-21(16,13-11-9-8-10-12-13)14(4,15)22(17,19-6-2)20-7-3/h8-12,15H,5-7H2,1-4H3. The molecule has 6 nitrogen and oxygen atoms in total. The monoisotopic (exact) mass is 350 g/mol. The van der Waals surface area contributed by atoms with Crippen LogP contribution in [0.3, 0.4) is 0 Å². The first kappa shape index (κ1) is 19.6.